The molecule has 2 aliphatic rings. The smallest absolute Gasteiger partial charge is 0.255 e. The molecule has 0 fully saturated rings. The number of nitrogens with two attached hydrogens (primary N) is 1. The minimum absolute atomic E-state index is 0. The van der Waals surface area contributed by atoms with Crippen LogP contribution >= 0.6 is 12.4 Å². The molecule has 4 N–H and O–H groups in total. The normalized spacial score (nSPS) is 11.2. The number of nitrogens with zero attached hydrogens (tertiary/aromatic N) is 3. The molecular formula is C26H37ClN6O4. The average Bonchev–Trinajstić information content (AvgIpc) is 2.82. The summed E-state index contributed by atoms with van der Waals surface area (Å²) in [4.78, 5) is 47.8. The zero-order valence-electron chi connectivity index (χ0n) is 22.4. The molecule has 0 atom stereocenters. The Morgan fingerprint density at radius 1 is 0.973 bits per heavy atom. The first kappa shape index (κ1) is 30.0. The molecule has 1 aliphatic heterocycles. The molecule has 1 aromatic rings. The molecule has 0 unspecified atom stereocenters. The van der Waals surface area contributed by atoms with E-state index in [0.29, 0.717) is 29.8 Å². The van der Waals surface area contributed by atoms with Crippen LogP contribution in [0.2, 0.25) is 0 Å². The Morgan fingerprint density at radius 3 is 2.11 bits per heavy atom. The van der Waals surface area contributed by atoms with Gasteiger partial charge in [-0.15, -0.1) is 12.4 Å². The number of carbonyl (C=O) groups excluding carboxylic acids is 2. The molecule has 10 nitrogen and oxygen atoms in total. The zero-order valence-corrected chi connectivity index (χ0v) is 23.2. The van der Waals surface area contributed by atoms with Gasteiger partial charge in [0.05, 0.1) is 16.8 Å². The SMILES string of the molecule is Cc1c2oc3c(C)ccc(C(=O)NCCCN(C)C)c3nc-2c(C(=O)NCCCN(C)C)c(N)c1=O.Cl. The van der Waals surface area contributed by atoms with Gasteiger partial charge in [0.2, 0.25) is 5.43 Å². The number of carbonyl (C=O) groups is 2. The molecule has 0 saturated carbocycles. The quantitative estimate of drug-likeness (QED) is 0.206. The molecule has 0 aromatic heterocycles. The summed E-state index contributed by atoms with van der Waals surface area (Å²) in [6.07, 6.45) is 1.52. The number of halogens is 1. The highest BCUT2D eigenvalue weighted by molar-refractivity contribution is 6.08. The van der Waals surface area contributed by atoms with E-state index >= 15 is 0 Å². The molecule has 0 bridgehead atoms. The molecule has 202 valence electrons. The van der Waals surface area contributed by atoms with Gasteiger partial charge in [-0.3, -0.25) is 14.4 Å². The molecule has 0 radical (unpaired) electrons. The van der Waals surface area contributed by atoms with Gasteiger partial charge in [-0.25, -0.2) is 4.98 Å². The Hall–Kier alpha value is -3.21. The van der Waals surface area contributed by atoms with Crippen LogP contribution in [-0.4, -0.2) is 81.0 Å². The number of nitrogen functional groups attached to an aromatic ring is 1. The second-order valence-electron chi connectivity index (χ2n) is 9.57. The Balaban J connectivity index is 0.00000481. The van der Waals surface area contributed by atoms with Gasteiger partial charge < -0.3 is 30.6 Å². The summed E-state index contributed by atoms with van der Waals surface area (Å²) < 4.78 is 6.15. The zero-order chi connectivity index (χ0) is 26.6. The van der Waals surface area contributed by atoms with Gasteiger partial charge in [0, 0.05) is 18.7 Å². The average molecular weight is 533 g/mol. The highest BCUT2D eigenvalue weighted by atomic mass is 35.5. The number of amides is 2. The first-order valence-electron chi connectivity index (χ1n) is 12.0. The van der Waals surface area contributed by atoms with Crippen molar-refractivity contribution >= 4 is 41.0 Å². The van der Waals surface area contributed by atoms with Gasteiger partial charge in [-0.2, -0.15) is 0 Å². The largest absolute Gasteiger partial charge is 0.452 e. The topological polar surface area (TPSA) is 134 Å². The summed E-state index contributed by atoms with van der Waals surface area (Å²) in [7, 11) is 7.85. The van der Waals surface area contributed by atoms with E-state index in [9.17, 15) is 14.4 Å². The van der Waals surface area contributed by atoms with E-state index in [1.807, 2.05) is 44.9 Å². The Morgan fingerprint density at radius 2 is 1.54 bits per heavy atom. The lowest BCUT2D eigenvalue weighted by Gasteiger charge is -2.17. The summed E-state index contributed by atoms with van der Waals surface area (Å²) >= 11 is 0. The van der Waals surface area contributed by atoms with E-state index in [4.69, 9.17) is 15.1 Å². The van der Waals surface area contributed by atoms with Crippen LogP contribution in [-0.2, 0) is 0 Å². The molecule has 0 spiro atoms. The van der Waals surface area contributed by atoms with Gasteiger partial charge in [0.1, 0.15) is 11.2 Å². The predicted octanol–water partition coefficient (Wildman–Crippen LogP) is 2.28. The summed E-state index contributed by atoms with van der Waals surface area (Å²) in [6.45, 7) is 5.97. The number of hydrogen-bond donors (Lipinski definition) is 3. The van der Waals surface area contributed by atoms with Crippen LogP contribution in [0.15, 0.2) is 21.3 Å². The number of hydrogen-bond acceptors (Lipinski definition) is 8. The first-order valence-corrected chi connectivity index (χ1v) is 12.0. The fraction of sp³-hybridized carbons (Fsp3) is 0.462. The van der Waals surface area contributed by atoms with Crippen LogP contribution in [0.25, 0.3) is 22.6 Å². The van der Waals surface area contributed by atoms with Gasteiger partial charge in [0.15, 0.2) is 11.3 Å². The maximum Gasteiger partial charge on any atom is 0.255 e. The van der Waals surface area contributed by atoms with E-state index in [-0.39, 0.29) is 46.6 Å². The van der Waals surface area contributed by atoms with Crippen molar-refractivity contribution < 1.29 is 14.0 Å². The second kappa shape index (κ2) is 12.8. The van der Waals surface area contributed by atoms with Crippen molar-refractivity contribution in [1.29, 1.82) is 0 Å². The van der Waals surface area contributed by atoms with Crippen LogP contribution in [0.3, 0.4) is 0 Å². The fourth-order valence-corrected chi connectivity index (χ4v) is 3.99. The Kier molecular flexibility index (Phi) is 10.4. The van der Waals surface area contributed by atoms with E-state index in [0.717, 1.165) is 31.5 Å². The highest BCUT2D eigenvalue weighted by Crippen LogP contribution is 2.34. The number of nitrogens with one attached hydrogen (secondary N) is 2. The summed E-state index contributed by atoms with van der Waals surface area (Å²) in [6, 6.07) is 3.46. The predicted molar refractivity (Wildman–Crippen MR) is 149 cm³/mol. The maximum atomic E-state index is 13.1. The Labute approximate surface area is 223 Å². The molecule has 37 heavy (non-hydrogen) atoms. The lowest BCUT2D eigenvalue weighted by Crippen LogP contribution is -2.31. The number of aromatic nitrogens is 1. The van der Waals surface area contributed by atoms with Crippen LogP contribution in [0.1, 0.15) is 44.7 Å². The van der Waals surface area contributed by atoms with Gasteiger partial charge in [-0.1, -0.05) is 6.07 Å². The van der Waals surface area contributed by atoms with Gasteiger partial charge in [-0.05, 0) is 79.6 Å². The van der Waals surface area contributed by atoms with Crippen LogP contribution in [0.4, 0.5) is 5.69 Å². The third-order valence-corrected chi connectivity index (χ3v) is 6.01. The van der Waals surface area contributed by atoms with Crippen molar-refractivity contribution in [2.24, 2.45) is 0 Å². The monoisotopic (exact) mass is 532 g/mol. The van der Waals surface area contributed by atoms with Crippen molar-refractivity contribution in [1.82, 2.24) is 25.4 Å². The molecule has 3 rings (SSSR count). The fourth-order valence-electron chi connectivity index (χ4n) is 3.99. The van der Waals surface area contributed by atoms with Gasteiger partial charge >= 0.3 is 0 Å². The molecule has 2 amide bonds. The van der Waals surface area contributed by atoms with E-state index in [1.165, 1.54) is 0 Å². The Bertz CT molecular complexity index is 1300. The standard InChI is InChI=1S/C26H36N6O4.ClH/c1-15-9-10-17(25(34)28-11-7-13-31(3)4)20-23(15)36-24-16(2)22(33)19(27)18(21(24)30-20)26(35)29-12-8-14-32(5)6;/h9-10H,7-8,11-14,27H2,1-6H3,(H,28,34)(H,29,35);1H. The van der Waals surface area contributed by atoms with Crippen molar-refractivity contribution in [3.63, 3.8) is 0 Å². The summed E-state index contributed by atoms with van der Waals surface area (Å²) in [5.74, 6) is -0.606. The van der Waals surface area contributed by atoms with E-state index in [1.54, 1.807) is 19.1 Å². The van der Waals surface area contributed by atoms with Crippen molar-refractivity contribution in [3.8, 4) is 11.5 Å². The van der Waals surface area contributed by atoms with Crippen molar-refractivity contribution in [2.45, 2.75) is 26.7 Å². The van der Waals surface area contributed by atoms with Crippen LogP contribution in [0, 0.1) is 13.8 Å². The lowest BCUT2D eigenvalue weighted by atomic mass is 9.99. The molecule has 0 saturated heterocycles. The van der Waals surface area contributed by atoms with Crippen molar-refractivity contribution in [2.75, 3.05) is 60.1 Å². The summed E-state index contributed by atoms with van der Waals surface area (Å²) in [5, 5.41) is 5.75. The third-order valence-electron chi connectivity index (χ3n) is 6.01. The first-order chi connectivity index (χ1) is 17.0. The number of aryl methyl sites for hydroxylation is 1. The maximum absolute atomic E-state index is 13.1. The number of anilines is 1. The summed E-state index contributed by atoms with van der Waals surface area (Å²) in [5.41, 5.74) is 7.64. The highest BCUT2D eigenvalue weighted by Gasteiger charge is 2.28. The lowest BCUT2D eigenvalue weighted by molar-refractivity contribution is 0.0946. The van der Waals surface area contributed by atoms with E-state index in [2.05, 4.69) is 10.6 Å². The molecule has 1 heterocycles. The van der Waals surface area contributed by atoms with E-state index < -0.39 is 11.3 Å². The molecule has 1 aliphatic carbocycles. The number of rotatable bonds is 10. The van der Waals surface area contributed by atoms with Gasteiger partial charge in [0.25, 0.3) is 11.8 Å². The molecule has 11 heteroatoms. The van der Waals surface area contributed by atoms with Crippen LogP contribution < -0.4 is 21.8 Å². The minimum Gasteiger partial charge on any atom is -0.452 e. The van der Waals surface area contributed by atoms with Crippen molar-refractivity contribution in [3.05, 3.63) is 44.6 Å². The minimum atomic E-state index is -0.502. The number of benzene rings is 2. The van der Waals surface area contributed by atoms with Crippen LogP contribution in [0.5, 0.6) is 0 Å². The molecular weight excluding hydrogens is 496 g/mol. The number of fused-ring (bicyclic) bond motifs is 2. The second-order valence-corrected chi connectivity index (χ2v) is 9.57. The molecule has 1 aromatic carbocycles. The third kappa shape index (κ3) is 6.76.